The molecular weight excluding hydrogens is 448 g/mol. The van der Waals surface area contributed by atoms with E-state index >= 15 is 0 Å². The first kappa shape index (κ1) is 25.9. The Morgan fingerprint density at radius 1 is 1.17 bits per heavy atom. The number of carbonyl (C=O) groups is 1. The van der Waals surface area contributed by atoms with Crippen LogP contribution >= 0.6 is 0 Å². The first-order valence-electron chi connectivity index (χ1n) is 10.9. The van der Waals surface area contributed by atoms with Crippen LogP contribution in [-0.4, -0.2) is 37.8 Å². The van der Waals surface area contributed by atoms with Gasteiger partial charge in [0, 0.05) is 12.3 Å². The highest BCUT2D eigenvalue weighted by Crippen LogP contribution is 2.23. The zero-order chi connectivity index (χ0) is 24.1. The van der Waals surface area contributed by atoms with E-state index in [1.54, 1.807) is 30.4 Å². The second kappa shape index (κ2) is 11.1. The fourth-order valence-corrected chi connectivity index (χ4v) is 3.29. The number of pyridine rings is 1. The molecule has 0 aliphatic heterocycles. The Labute approximate surface area is 204 Å². The minimum Gasteiger partial charge on any atom is -0.483 e. The van der Waals surface area contributed by atoms with Crippen LogP contribution in [0.15, 0.2) is 59.3 Å². The van der Waals surface area contributed by atoms with Crippen molar-refractivity contribution in [1.82, 2.24) is 25.1 Å². The van der Waals surface area contributed by atoms with Gasteiger partial charge in [-0.3, -0.25) is 9.20 Å². The van der Waals surface area contributed by atoms with E-state index in [-0.39, 0.29) is 26.5 Å². The monoisotopic (exact) mass is 480 g/mol. The summed E-state index contributed by atoms with van der Waals surface area (Å²) in [5.41, 5.74) is 7.14. The second-order valence-corrected chi connectivity index (χ2v) is 8.59. The van der Waals surface area contributed by atoms with Crippen LogP contribution in [-0.2, 0) is 22.7 Å². The fraction of sp³-hybridized carbons (Fsp3) is 0.360. The number of hydrogen-bond acceptors (Lipinski definition) is 8. The molecule has 0 radical (unpaired) electrons. The number of benzene rings is 1. The summed E-state index contributed by atoms with van der Waals surface area (Å²) in [4.78, 5) is 12.7. The van der Waals surface area contributed by atoms with Crippen molar-refractivity contribution in [2.75, 3.05) is 6.61 Å². The van der Waals surface area contributed by atoms with Crippen molar-refractivity contribution in [3.8, 4) is 5.75 Å². The first-order valence-corrected chi connectivity index (χ1v) is 10.9. The summed E-state index contributed by atoms with van der Waals surface area (Å²) in [7, 11) is 0. The maximum Gasteiger partial charge on any atom is 0.240 e. The number of amides is 1. The molecule has 0 saturated heterocycles. The minimum atomic E-state index is -1.07. The Kier molecular flexibility index (Phi) is 8.21. The van der Waals surface area contributed by atoms with Gasteiger partial charge < -0.3 is 25.0 Å². The molecule has 35 heavy (non-hydrogen) atoms. The molecule has 3 heterocycles. The summed E-state index contributed by atoms with van der Waals surface area (Å²) in [6.45, 7) is 5.90. The van der Waals surface area contributed by atoms with Crippen molar-refractivity contribution in [2.24, 2.45) is 5.73 Å². The van der Waals surface area contributed by atoms with Gasteiger partial charge in [-0.2, -0.15) is 0 Å². The van der Waals surface area contributed by atoms with E-state index in [1.807, 2.05) is 49.5 Å². The molecule has 0 bridgehead atoms. The van der Waals surface area contributed by atoms with Crippen LogP contribution in [0.3, 0.4) is 0 Å². The molecule has 1 aromatic carbocycles. The van der Waals surface area contributed by atoms with Crippen LogP contribution < -0.4 is 15.8 Å². The second-order valence-electron chi connectivity index (χ2n) is 8.59. The third-order valence-electron chi connectivity index (χ3n) is 5.08. The number of nitrogens with zero attached hydrogens (tertiary/aromatic N) is 4. The number of nitrogens with one attached hydrogen (secondary N) is 1. The van der Waals surface area contributed by atoms with Gasteiger partial charge in [0.05, 0.1) is 18.8 Å². The van der Waals surface area contributed by atoms with Gasteiger partial charge in [0.25, 0.3) is 0 Å². The molecule has 0 aliphatic rings. The molecule has 0 saturated carbocycles. The van der Waals surface area contributed by atoms with Crippen molar-refractivity contribution in [2.45, 2.75) is 53.0 Å². The minimum absolute atomic E-state index is 0. The lowest BCUT2D eigenvalue weighted by molar-refractivity contribution is -0.126. The van der Waals surface area contributed by atoms with Crippen LogP contribution in [0.2, 0.25) is 0 Å². The van der Waals surface area contributed by atoms with Crippen LogP contribution in [0.5, 0.6) is 5.75 Å². The van der Waals surface area contributed by atoms with Gasteiger partial charge in [0.15, 0.2) is 11.6 Å². The average Bonchev–Trinajstić information content (AvgIpc) is 3.43. The Morgan fingerprint density at radius 3 is 2.63 bits per heavy atom. The zero-order valence-electron chi connectivity index (χ0n) is 19.4. The predicted molar refractivity (Wildman–Crippen MR) is 131 cm³/mol. The van der Waals surface area contributed by atoms with Gasteiger partial charge >= 0.3 is 0 Å². The lowest BCUT2D eigenvalue weighted by Gasteiger charge is -2.23. The van der Waals surface area contributed by atoms with Gasteiger partial charge in [-0.1, -0.05) is 42.9 Å². The van der Waals surface area contributed by atoms with Crippen molar-refractivity contribution in [3.05, 3.63) is 77.6 Å². The molecule has 10 heteroatoms. The summed E-state index contributed by atoms with van der Waals surface area (Å²) in [5, 5.41) is 15.5. The number of carbonyl (C=O) groups excluding carboxylic acids is 1. The lowest BCUT2D eigenvalue weighted by atomic mass is 10.1. The van der Waals surface area contributed by atoms with Gasteiger partial charge in [0.2, 0.25) is 11.6 Å². The summed E-state index contributed by atoms with van der Waals surface area (Å²) in [6.07, 6.45) is 1.81. The van der Waals surface area contributed by atoms with E-state index in [0.29, 0.717) is 35.3 Å². The largest absolute Gasteiger partial charge is 0.483 e. The normalized spacial score (nSPS) is 12.2. The third kappa shape index (κ3) is 6.43. The fourth-order valence-electron chi connectivity index (χ4n) is 3.29. The summed E-state index contributed by atoms with van der Waals surface area (Å²) >= 11 is 0. The van der Waals surface area contributed by atoms with Crippen LogP contribution in [0.4, 0.5) is 0 Å². The smallest absolute Gasteiger partial charge is 0.240 e. The van der Waals surface area contributed by atoms with Gasteiger partial charge in [-0.15, -0.1) is 10.2 Å². The molecule has 3 aromatic heterocycles. The Balaban J connectivity index is 0.00000342. The first-order chi connectivity index (χ1) is 16.3. The summed E-state index contributed by atoms with van der Waals surface area (Å²) in [5.74, 6) is 1.41. The molecule has 0 spiro atoms. The average molecular weight is 481 g/mol. The molecule has 10 nitrogen and oxygen atoms in total. The van der Waals surface area contributed by atoms with E-state index in [4.69, 9.17) is 19.7 Å². The van der Waals surface area contributed by atoms with Crippen LogP contribution in [0.1, 0.15) is 50.2 Å². The number of fused-ring (bicyclic) bond motifs is 1. The SMILES string of the molecule is C.Cc1cc(COc2cccn3c([C@@H](COCc4ccccc4)NC(=O)C(C)(C)N)nnc23)no1. The quantitative estimate of drug-likeness (QED) is 0.353. The molecular formula is C25H32N6O4. The lowest BCUT2D eigenvalue weighted by Crippen LogP contribution is -2.50. The number of hydrogen-bond donors (Lipinski definition) is 2. The molecule has 1 amide bonds. The summed E-state index contributed by atoms with van der Waals surface area (Å²) < 4.78 is 18.7. The Bertz CT molecular complexity index is 1250. The molecule has 0 fully saturated rings. The third-order valence-corrected chi connectivity index (χ3v) is 5.08. The number of ether oxygens (including phenoxy) is 2. The van der Waals surface area contributed by atoms with E-state index < -0.39 is 11.6 Å². The van der Waals surface area contributed by atoms with E-state index in [2.05, 4.69) is 20.7 Å². The molecule has 3 N–H and O–H groups in total. The number of nitrogens with two attached hydrogens (primary N) is 1. The predicted octanol–water partition coefficient (Wildman–Crippen LogP) is 3.35. The van der Waals surface area contributed by atoms with Crippen LogP contribution in [0, 0.1) is 6.92 Å². The number of aromatic nitrogens is 4. The molecule has 186 valence electrons. The van der Waals surface area contributed by atoms with Crippen molar-refractivity contribution in [3.63, 3.8) is 0 Å². The Morgan fingerprint density at radius 2 is 1.94 bits per heavy atom. The molecule has 0 unspecified atom stereocenters. The van der Waals surface area contributed by atoms with Crippen molar-refractivity contribution < 1.29 is 18.8 Å². The highest BCUT2D eigenvalue weighted by Gasteiger charge is 2.28. The highest BCUT2D eigenvalue weighted by molar-refractivity contribution is 5.85. The summed E-state index contributed by atoms with van der Waals surface area (Å²) in [6, 6.07) is 14.6. The topological polar surface area (TPSA) is 130 Å². The maximum absolute atomic E-state index is 12.7. The van der Waals surface area contributed by atoms with Gasteiger partial charge in [-0.05, 0) is 38.5 Å². The zero-order valence-corrected chi connectivity index (χ0v) is 19.4. The molecule has 4 rings (SSSR count). The van der Waals surface area contributed by atoms with E-state index in [0.717, 1.165) is 5.56 Å². The highest BCUT2D eigenvalue weighted by atomic mass is 16.5. The number of rotatable bonds is 10. The number of aryl methyl sites for hydroxylation is 1. The molecule has 0 aliphatic carbocycles. The Hall–Kier alpha value is -3.76. The maximum atomic E-state index is 12.7. The van der Waals surface area contributed by atoms with Crippen molar-refractivity contribution >= 4 is 11.6 Å². The van der Waals surface area contributed by atoms with Crippen LogP contribution in [0.25, 0.3) is 5.65 Å². The molecule has 4 aromatic rings. The molecule has 1 atom stereocenters. The van der Waals surface area contributed by atoms with E-state index in [9.17, 15) is 4.79 Å². The van der Waals surface area contributed by atoms with Crippen molar-refractivity contribution in [1.29, 1.82) is 0 Å². The van der Waals surface area contributed by atoms with Gasteiger partial charge in [0.1, 0.15) is 24.1 Å². The van der Waals surface area contributed by atoms with Gasteiger partial charge in [-0.25, -0.2) is 0 Å². The van der Waals surface area contributed by atoms with E-state index in [1.165, 1.54) is 0 Å². The standard InChI is InChI=1S/C24H28N6O4.CH4/c1-16-12-18(29-34-16)14-33-20-10-7-11-30-21(27-28-22(20)30)19(26-23(31)24(2,3)25)15-32-13-17-8-5-4-6-9-17;/h4-12,19H,13-15,25H2,1-3H3,(H,26,31);1H4/t19-;/m1./s1.